The van der Waals surface area contributed by atoms with Crippen LogP contribution in [0.25, 0.3) is 5.69 Å². The SMILES string of the molecule is Oc1c(Cl)c(Cl)cn1-c1cccc(Cl)c1. The smallest absolute Gasteiger partial charge is 0.216 e. The summed E-state index contributed by atoms with van der Waals surface area (Å²) in [6.07, 6.45) is 1.53. The van der Waals surface area contributed by atoms with Crippen molar-refractivity contribution in [2.45, 2.75) is 0 Å². The molecule has 1 aromatic heterocycles. The summed E-state index contributed by atoms with van der Waals surface area (Å²) in [6, 6.07) is 7.01. The molecular weight excluding hydrogens is 256 g/mol. The lowest BCUT2D eigenvalue weighted by molar-refractivity contribution is 0.443. The standard InChI is InChI=1S/C10H6Cl3NO/c11-6-2-1-3-7(4-6)14-5-8(12)9(13)10(14)15/h1-5,15H. The number of nitrogens with zero attached hydrogens (tertiary/aromatic N) is 1. The minimum atomic E-state index is -0.0936. The third-order valence-corrected chi connectivity index (χ3v) is 2.95. The summed E-state index contributed by atoms with van der Waals surface area (Å²) >= 11 is 17.4. The van der Waals surface area contributed by atoms with E-state index in [0.29, 0.717) is 15.7 Å². The summed E-state index contributed by atoms with van der Waals surface area (Å²) in [5.41, 5.74) is 0.703. The molecule has 0 unspecified atom stereocenters. The molecule has 0 aliphatic rings. The number of benzene rings is 1. The number of halogens is 3. The predicted octanol–water partition coefficient (Wildman–Crippen LogP) is 4.14. The van der Waals surface area contributed by atoms with Gasteiger partial charge in [0.2, 0.25) is 5.88 Å². The highest BCUT2D eigenvalue weighted by Crippen LogP contribution is 2.35. The first-order chi connectivity index (χ1) is 7.09. The van der Waals surface area contributed by atoms with Crippen LogP contribution in [0.4, 0.5) is 0 Å². The zero-order chi connectivity index (χ0) is 11.0. The van der Waals surface area contributed by atoms with Gasteiger partial charge in [-0.1, -0.05) is 40.9 Å². The van der Waals surface area contributed by atoms with Gasteiger partial charge in [-0.15, -0.1) is 0 Å². The van der Waals surface area contributed by atoms with Gasteiger partial charge in [0.1, 0.15) is 5.02 Å². The normalized spacial score (nSPS) is 10.6. The number of rotatable bonds is 1. The molecule has 0 saturated carbocycles. The average Bonchev–Trinajstić information content (AvgIpc) is 2.46. The third kappa shape index (κ3) is 1.93. The molecule has 0 amide bonds. The maximum atomic E-state index is 9.67. The van der Waals surface area contributed by atoms with Gasteiger partial charge in [-0.3, -0.25) is 4.57 Å². The fraction of sp³-hybridized carbons (Fsp3) is 0. The fourth-order valence-corrected chi connectivity index (χ4v) is 1.77. The van der Waals surface area contributed by atoms with E-state index in [0.717, 1.165) is 0 Å². The van der Waals surface area contributed by atoms with Crippen LogP contribution in [0.5, 0.6) is 5.88 Å². The molecule has 5 heteroatoms. The van der Waals surface area contributed by atoms with Crippen molar-refractivity contribution in [3.05, 3.63) is 45.5 Å². The van der Waals surface area contributed by atoms with Crippen LogP contribution in [0.2, 0.25) is 15.1 Å². The van der Waals surface area contributed by atoms with Crippen LogP contribution in [0.1, 0.15) is 0 Å². The van der Waals surface area contributed by atoms with Gasteiger partial charge < -0.3 is 5.11 Å². The number of aromatic nitrogens is 1. The van der Waals surface area contributed by atoms with Gasteiger partial charge in [0, 0.05) is 16.9 Å². The molecule has 0 bridgehead atoms. The van der Waals surface area contributed by atoms with Crippen LogP contribution in [-0.2, 0) is 0 Å². The summed E-state index contributed by atoms with van der Waals surface area (Å²) in [5, 5.41) is 10.7. The van der Waals surface area contributed by atoms with Crippen LogP contribution in [-0.4, -0.2) is 9.67 Å². The van der Waals surface area contributed by atoms with Gasteiger partial charge in [-0.05, 0) is 18.2 Å². The van der Waals surface area contributed by atoms with Crippen molar-refractivity contribution in [3.8, 4) is 11.6 Å². The number of aromatic hydroxyl groups is 1. The van der Waals surface area contributed by atoms with Crippen LogP contribution in [0.15, 0.2) is 30.5 Å². The Bertz CT molecular complexity index is 507. The van der Waals surface area contributed by atoms with E-state index < -0.39 is 0 Å². The van der Waals surface area contributed by atoms with E-state index in [1.807, 2.05) is 0 Å². The minimum absolute atomic E-state index is 0.0936. The van der Waals surface area contributed by atoms with Crippen LogP contribution in [0.3, 0.4) is 0 Å². The Hall–Kier alpha value is -0.830. The Morgan fingerprint density at radius 3 is 2.40 bits per heavy atom. The van der Waals surface area contributed by atoms with E-state index in [-0.39, 0.29) is 10.9 Å². The summed E-state index contributed by atoms with van der Waals surface area (Å²) in [7, 11) is 0. The van der Waals surface area contributed by atoms with E-state index >= 15 is 0 Å². The maximum absolute atomic E-state index is 9.67. The first kappa shape index (κ1) is 10.7. The zero-order valence-electron chi connectivity index (χ0n) is 7.42. The monoisotopic (exact) mass is 261 g/mol. The Balaban J connectivity index is 2.59. The number of hydrogen-bond donors (Lipinski definition) is 1. The van der Waals surface area contributed by atoms with Gasteiger partial charge in [0.05, 0.1) is 5.02 Å². The molecule has 1 aromatic carbocycles. The molecule has 0 spiro atoms. The molecule has 2 aromatic rings. The highest BCUT2D eigenvalue weighted by molar-refractivity contribution is 6.43. The molecule has 0 atom stereocenters. The topological polar surface area (TPSA) is 25.2 Å². The lowest BCUT2D eigenvalue weighted by Gasteiger charge is -2.04. The van der Waals surface area contributed by atoms with E-state index in [4.69, 9.17) is 34.8 Å². The van der Waals surface area contributed by atoms with Gasteiger partial charge in [0.15, 0.2) is 0 Å². The first-order valence-electron chi connectivity index (χ1n) is 4.11. The molecule has 0 saturated heterocycles. The Labute approximate surface area is 102 Å². The Morgan fingerprint density at radius 2 is 1.87 bits per heavy atom. The highest BCUT2D eigenvalue weighted by Gasteiger charge is 2.12. The lowest BCUT2D eigenvalue weighted by atomic mass is 10.3. The van der Waals surface area contributed by atoms with Gasteiger partial charge >= 0.3 is 0 Å². The summed E-state index contributed by atoms with van der Waals surface area (Å²) < 4.78 is 1.47. The van der Waals surface area contributed by atoms with E-state index in [2.05, 4.69) is 0 Å². The molecule has 0 aliphatic heterocycles. The predicted molar refractivity (Wildman–Crippen MR) is 62.5 cm³/mol. The fourth-order valence-electron chi connectivity index (χ4n) is 1.27. The van der Waals surface area contributed by atoms with E-state index in [1.165, 1.54) is 10.8 Å². The summed E-state index contributed by atoms with van der Waals surface area (Å²) in [6.45, 7) is 0. The van der Waals surface area contributed by atoms with E-state index in [1.54, 1.807) is 24.3 Å². The second-order valence-electron chi connectivity index (χ2n) is 2.96. The molecule has 2 nitrogen and oxygen atoms in total. The zero-order valence-corrected chi connectivity index (χ0v) is 9.68. The van der Waals surface area contributed by atoms with Crippen molar-refractivity contribution in [3.63, 3.8) is 0 Å². The van der Waals surface area contributed by atoms with Crippen molar-refractivity contribution < 1.29 is 5.11 Å². The molecule has 0 radical (unpaired) electrons. The van der Waals surface area contributed by atoms with Gasteiger partial charge in [-0.25, -0.2) is 0 Å². The second kappa shape index (κ2) is 3.97. The first-order valence-corrected chi connectivity index (χ1v) is 5.24. The van der Waals surface area contributed by atoms with Crippen molar-refractivity contribution in [1.29, 1.82) is 0 Å². The second-order valence-corrected chi connectivity index (χ2v) is 4.19. The van der Waals surface area contributed by atoms with Crippen LogP contribution in [0, 0.1) is 0 Å². The quantitative estimate of drug-likeness (QED) is 0.821. The van der Waals surface area contributed by atoms with Crippen molar-refractivity contribution in [2.75, 3.05) is 0 Å². The summed E-state index contributed by atoms with van der Waals surface area (Å²) in [4.78, 5) is 0. The molecule has 15 heavy (non-hydrogen) atoms. The summed E-state index contributed by atoms with van der Waals surface area (Å²) in [5.74, 6) is -0.0936. The van der Waals surface area contributed by atoms with Crippen molar-refractivity contribution in [1.82, 2.24) is 4.57 Å². The van der Waals surface area contributed by atoms with Crippen molar-refractivity contribution >= 4 is 34.8 Å². The average molecular weight is 263 g/mol. The van der Waals surface area contributed by atoms with Crippen molar-refractivity contribution in [2.24, 2.45) is 0 Å². The Morgan fingerprint density at radius 1 is 1.13 bits per heavy atom. The Kier molecular flexibility index (Phi) is 2.83. The largest absolute Gasteiger partial charge is 0.493 e. The molecule has 78 valence electrons. The van der Waals surface area contributed by atoms with Gasteiger partial charge in [-0.2, -0.15) is 0 Å². The molecular formula is C10H6Cl3NO. The minimum Gasteiger partial charge on any atom is -0.493 e. The highest BCUT2D eigenvalue weighted by atomic mass is 35.5. The number of hydrogen-bond acceptors (Lipinski definition) is 1. The molecule has 0 aliphatic carbocycles. The lowest BCUT2D eigenvalue weighted by Crippen LogP contribution is -1.90. The van der Waals surface area contributed by atoms with Crippen LogP contribution < -0.4 is 0 Å². The maximum Gasteiger partial charge on any atom is 0.216 e. The third-order valence-electron chi connectivity index (χ3n) is 1.96. The molecule has 1 N–H and O–H groups in total. The van der Waals surface area contributed by atoms with Crippen LogP contribution >= 0.6 is 34.8 Å². The van der Waals surface area contributed by atoms with Gasteiger partial charge in [0.25, 0.3) is 0 Å². The molecule has 0 fully saturated rings. The molecule has 1 heterocycles. The van der Waals surface area contributed by atoms with E-state index in [9.17, 15) is 5.11 Å². The molecule has 2 rings (SSSR count).